The van der Waals surface area contributed by atoms with Gasteiger partial charge < -0.3 is 4.74 Å². The lowest BCUT2D eigenvalue weighted by molar-refractivity contribution is -0.151. The number of hydrogen-bond acceptors (Lipinski definition) is 2. The van der Waals surface area contributed by atoms with Crippen LogP contribution in [0.4, 0.5) is 0 Å². The van der Waals surface area contributed by atoms with E-state index < -0.39 is 0 Å². The predicted molar refractivity (Wildman–Crippen MR) is 54.8 cm³/mol. The van der Waals surface area contributed by atoms with E-state index >= 15 is 0 Å². The molecule has 1 fully saturated rings. The van der Waals surface area contributed by atoms with E-state index in [0.717, 1.165) is 24.8 Å². The van der Waals surface area contributed by atoms with Crippen LogP contribution in [-0.2, 0) is 9.53 Å². The Hall–Kier alpha value is -0.790. The Morgan fingerprint density at radius 3 is 2.57 bits per heavy atom. The van der Waals surface area contributed by atoms with Gasteiger partial charge in [0.25, 0.3) is 0 Å². The van der Waals surface area contributed by atoms with Crippen LogP contribution in [0.2, 0.25) is 0 Å². The van der Waals surface area contributed by atoms with Crippen LogP contribution in [-0.4, -0.2) is 11.6 Å². The molecule has 0 amide bonds. The number of rotatable bonds is 0. The summed E-state index contributed by atoms with van der Waals surface area (Å²) in [5, 5.41) is 0. The summed E-state index contributed by atoms with van der Waals surface area (Å²) in [6, 6.07) is 0. The number of ether oxygens (including phenoxy) is 1. The molecule has 1 heterocycles. The quantitative estimate of drug-likeness (QED) is 0.554. The number of carbonyl (C=O) groups excluding carboxylic acids is 1. The highest BCUT2D eigenvalue weighted by Gasteiger charge is 2.46. The fourth-order valence-electron chi connectivity index (χ4n) is 2.84. The second kappa shape index (κ2) is 2.85. The second-order valence-electron chi connectivity index (χ2n) is 5.44. The Kier molecular flexibility index (Phi) is 1.98. The Morgan fingerprint density at radius 2 is 2.07 bits per heavy atom. The van der Waals surface area contributed by atoms with Crippen molar-refractivity contribution in [3.63, 3.8) is 0 Å². The smallest absolute Gasteiger partial charge is 0.331 e. The lowest BCUT2D eigenvalue weighted by Crippen LogP contribution is -2.40. The van der Waals surface area contributed by atoms with Crippen molar-refractivity contribution >= 4 is 5.97 Å². The van der Waals surface area contributed by atoms with Crippen molar-refractivity contribution in [3.8, 4) is 0 Å². The fraction of sp³-hybridized carbons (Fsp3) is 0.750. The Bertz CT molecular complexity index is 301. The molecular formula is C12H18O2. The third-order valence-corrected chi connectivity index (χ3v) is 3.55. The van der Waals surface area contributed by atoms with Crippen LogP contribution in [0.25, 0.3) is 0 Å². The summed E-state index contributed by atoms with van der Waals surface area (Å²) in [7, 11) is 0. The summed E-state index contributed by atoms with van der Waals surface area (Å²) in [5.41, 5.74) is 1.17. The Balaban J connectivity index is 2.25. The summed E-state index contributed by atoms with van der Waals surface area (Å²) in [6.45, 7) is 6.53. The molecule has 2 aliphatic rings. The van der Waals surface area contributed by atoms with Crippen LogP contribution < -0.4 is 0 Å². The molecule has 0 saturated heterocycles. The van der Waals surface area contributed by atoms with Crippen LogP contribution in [0.5, 0.6) is 0 Å². The number of esters is 1. The van der Waals surface area contributed by atoms with Gasteiger partial charge in [0.15, 0.2) is 0 Å². The highest BCUT2D eigenvalue weighted by Crippen LogP contribution is 2.48. The van der Waals surface area contributed by atoms with E-state index in [1.54, 1.807) is 6.08 Å². The zero-order chi connectivity index (χ0) is 10.4. The topological polar surface area (TPSA) is 26.3 Å². The van der Waals surface area contributed by atoms with Gasteiger partial charge in [0.2, 0.25) is 0 Å². The van der Waals surface area contributed by atoms with Crippen molar-refractivity contribution in [2.75, 3.05) is 0 Å². The molecule has 0 aromatic heterocycles. The monoisotopic (exact) mass is 194 g/mol. The fourth-order valence-corrected chi connectivity index (χ4v) is 2.84. The number of carbonyl (C=O) groups is 1. The minimum Gasteiger partial charge on any atom is -0.451 e. The van der Waals surface area contributed by atoms with Gasteiger partial charge in [-0.15, -0.1) is 0 Å². The predicted octanol–water partition coefficient (Wildman–Crippen LogP) is 2.83. The lowest BCUT2D eigenvalue weighted by Gasteiger charge is -2.42. The summed E-state index contributed by atoms with van der Waals surface area (Å²) in [5.74, 6) is -0.153. The molecule has 0 N–H and O–H groups in total. The molecule has 2 heteroatoms. The van der Waals surface area contributed by atoms with Gasteiger partial charge in [-0.1, -0.05) is 13.8 Å². The average molecular weight is 194 g/mol. The first-order chi connectivity index (χ1) is 6.44. The molecule has 1 aliphatic heterocycles. The first kappa shape index (κ1) is 9.75. The van der Waals surface area contributed by atoms with Crippen molar-refractivity contribution in [1.29, 1.82) is 0 Å². The first-order valence-electron chi connectivity index (χ1n) is 5.35. The summed E-state index contributed by atoms with van der Waals surface area (Å²) in [4.78, 5) is 11.2. The molecule has 0 aromatic carbocycles. The van der Waals surface area contributed by atoms with Crippen molar-refractivity contribution in [3.05, 3.63) is 11.6 Å². The molecule has 2 nitrogen and oxygen atoms in total. The molecule has 2 rings (SSSR count). The minimum absolute atomic E-state index is 0.153. The lowest BCUT2D eigenvalue weighted by atomic mass is 9.68. The standard InChI is InChI=1S/C12H18O2/c1-9-7-10(13)14-12(9)6-4-5-11(2,3)8-12/h7H,4-6,8H2,1-3H3. The van der Waals surface area contributed by atoms with Gasteiger partial charge in [-0.2, -0.15) is 0 Å². The summed E-state index contributed by atoms with van der Waals surface area (Å²) >= 11 is 0. The molecule has 1 saturated carbocycles. The van der Waals surface area contributed by atoms with E-state index in [0.29, 0.717) is 5.41 Å². The first-order valence-corrected chi connectivity index (χ1v) is 5.35. The Labute approximate surface area is 85.3 Å². The zero-order valence-corrected chi connectivity index (χ0v) is 9.22. The van der Waals surface area contributed by atoms with Crippen LogP contribution in [0.3, 0.4) is 0 Å². The van der Waals surface area contributed by atoms with Crippen molar-refractivity contribution in [2.45, 2.75) is 52.1 Å². The normalized spacial score (nSPS) is 35.6. The van der Waals surface area contributed by atoms with Crippen molar-refractivity contribution in [1.82, 2.24) is 0 Å². The minimum atomic E-state index is -0.251. The largest absolute Gasteiger partial charge is 0.451 e. The molecule has 0 aromatic rings. The van der Waals surface area contributed by atoms with Crippen LogP contribution in [0, 0.1) is 5.41 Å². The van der Waals surface area contributed by atoms with Gasteiger partial charge in [-0.3, -0.25) is 0 Å². The molecule has 0 bridgehead atoms. The van der Waals surface area contributed by atoms with E-state index in [1.807, 2.05) is 6.92 Å². The average Bonchev–Trinajstić information content (AvgIpc) is 2.24. The highest BCUT2D eigenvalue weighted by molar-refractivity contribution is 5.86. The third kappa shape index (κ3) is 1.47. The molecule has 1 atom stereocenters. The van der Waals surface area contributed by atoms with E-state index in [1.165, 1.54) is 6.42 Å². The van der Waals surface area contributed by atoms with Crippen LogP contribution in [0.1, 0.15) is 46.5 Å². The second-order valence-corrected chi connectivity index (χ2v) is 5.44. The number of hydrogen-bond donors (Lipinski definition) is 0. The van der Waals surface area contributed by atoms with Crippen molar-refractivity contribution in [2.24, 2.45) is 5.41 Å². The molecule has 1 unspecified atom stereocenters. The molecule has 14 heavy (non-hydrogen) atoms. The van der Waals surface area contributed by atoms with E-state index in [4.69, 9.17) is 4.74 Å². The SMILES string of the molecule is CC1=CC(=O)OC12CCCC(C)(C)C2. The molecule has 1 aliphatic carbocycles. The van der Waals surface area contributed by atoms with Gasteiger partial charge in [-0.05, 0) is 43.6 Å². The molecular weight excluding hydrogens is 176 g/mol. The van der Waals surface area contributed by atoms with Crippen molar-refractivity contribution < 1.29 is 9.53 Å². The van der Waals surface area contributed by atoms with Crippen LogP contribution in [0.15, 0.2) is 11.6 Å². The van der Waals surface area contributed by atoms with Gasteiger partial charge in [0.1, 0.15) is 5.60 Å². The maximum atomic E-state index is 11.2. The maximum absolute atomic E-state index is 11.2. The van der Waals surface area contributed by atoms with E-state index in [2.05, 4.69) is 13.8 Å². The highest BCUT2D eigenvalue weighted by atomic mass is 16.6. The van der Waals surface area contributed by atoms with Gasteiger partial charge in [0.05, 0.1) is 0 Å². The third-order valence-electron chi connectivity index (χ3n) is 3.55. The van der Waals surface area contributed by atoms with Crippen LogP contribution >= 0.6 is 0 Å². The van der Waals surface area contributed by atoms with Gasteiger partial charge in [0, 0.05) is 6.08 Å². The van der Waals surface area contributed by atoms with E-state index in [-0.39, 0.29) is 11.6 Å². The zero-order valence-electron chi connectivity index (χ0n) is 9.22. The summed E-state index contributed by atoms with van der Waals surface area (Å²) < 4.78 is 5.51. The Morgan fingerprint density at radius 1 is 1.36 bits per heavy atom. The van der Waals surface area contributed by atoms with Gasteiger partial charge in [-0.25, -0.2) is 4.79 Å². The summed E-state index contributed by atoms with van der Waals surface area (Å²) in [6.07, 6.45) is 6.03. The maximum Gasteiger partial charge on any atom is 0.331 e. The molecule has 78 valence electrons. The molecule has 0 radical (unpaired) electrons. The van der Waals surface area contributed by atoms with E-state index in [9.17, 15) is 4.79 Å². The van der Waals surface area contributed by atoms with Gasteiger partial charge >= 0.3 is 5.97 Å². The molecule has 1 spiro atoms.